The van der Waals surface area contributed by atoms with Gasteiger partial charge in [0.15, 0.2) is 0 Å². The van der Waals surface area contributed by atoms with Gasteiger partial charge in [-0.3, -0.25) is 9.69 Å². The molecule has 0 amide bonds. The third kappa shape index (κ3) is 3.36. The van der Waals surface area contributed by atoms with E-state index in [1.807, 2.05) is 12.1 Å². The zero-order chi connectivity index (χ0) is 15.4. The molecule has 2 heterocycles. The zero-order valence-corrected chi connectivity index (χ0v) is 12.7. The van der Waals surface area contributed by atoms with Crippen LogP contribution in [0.3, 0.4) is 0 Å². The van der Waals surface area contributed by atoms with Crippen LogP contribution in [0.4, 0.5) is 0 Å². The molecule has 0 atom stereocenters. The number of ketones is 1. The maximum atomic E-state index is 12.2. The SMILES string of the molecule is COc1cccc(CN2CCC(C(=O)c3ncco3)CC2)c1. The highest BCUT2D eigenvalue weighted by Gasteiger charge is 2.28. The van der Waals surface area contributed by atoms with Crippen molar-refractivity contribution in [2.45, 2.75) is 19.4 Å². The topological polar surface area (TPSA) is 55.6 Å². The Morgan fingerprint density at radius 3 is 2.91 bits per heavy atom. The van der Waals surface area contributed by atoms with Crippen molar-refractivity contribution in [2.24, 2.45) is 5.92 Å². The highest BCUT2D eigenvalue weighted by Crippen LogP contribution is 2.23. The fraction of sp³-hybridized carbons (Fsp3) is 0.412. The molecule has 1 aliphatic heterocycles. The molecule has 0 saturated carbocycles. The molecule has 1 aromatic carbocycles. The lowest BCUT2D eigenvalue weighted by Crippen LogP contribution is -2.36. The van der Waals surface area contributed by atoms with Crippen molar-refractivity contribution in [1.29, 1.82) is 0 Å². The van der Waals surface area contributed by atoms with Crippen molar-refractivity contribution in [1.82, 2.24) is 9.88 Å². The Kier molecular flexibility index (Phi) is 4.53. The Hall–Kier alpha value is -2.14. The van der Waals surface area contributed by atoms with E-state index < -0.39 is 0 Å². The monoisotopic (exact) mass is 300 g/mol. The quantitative estimate of drug-likeness (QED) is 0.795. The van der Waals surface area contributed by atoms with Crippen LogP contribution in [0.15, 0.2) is 41.1 Å². The molecule has 22 heavy (non-hydrogen) atoms. The van der Waals surface area contributed by atoms with E-state index >= 15 is 0 Å². The van der Waals surface area contributed by atoms with E-state index in [0.717, 1.165) is 38.2 Å². The van der Waals surface area contributed by atoms with Crippen LogP contribution < -0.4 is 4.74 Å². The van der Waals surface area contributed by atoms with E-state index in [4.69, 9.17) is 9.15 Å². The van der Waals surface area contributed by atoms with E-state index in [9.17, 15) is 4.79 Å². The molecule has 2 aromatic rings. The number of ether oxygens (including phenoxy) is 1. The summed E-state index contributed by atoms with van der Waals surface area (Å²) in [5, 5.41) is 0. The summed E-state index contributed by atoms with van der Waals surface area (Å²) in [6.07, 6.45) is 4.67. The third-order valence-corrected chi connectivity index (χ3v) is 4.14. The largest absolute Gasteiger partial charge is 0.497 e. The second kappa shape index (κ2) is 6.75. The summed E-state index contributed by atoms with van der Waals surface area (Å²) in [5.74, 6) is 1.18. The van der Waals surface area contributed by atoms with Crippen LogP contribution in [-0.4, -0.2) is 35.9 Å². The first kappa shape index (κ1) is 14.8. The number of benzene rings is 1. The van der Waals surface area contributed by atoms with Gasteiger partial charge in [-0.05, 0) is 43.6 Å². The van der Waals surface area contributed by atoms with E-state index in [1.165, 1.54) is 18.0 Å². The van der Waals surface area contributed by atoms with Gasteiger partial charge in [-0.25, -0.2) is 4.98 Å². The summed E-state index contributed by atoms with van der Waals surface area (Å²) >= 11 is 0. The van der Waals surface area contributed by atoms with Crippen molar-refractivity contribution >= 4 is 5.78 Å². The molecule has 3 rings (SSSR count). The first-order valence-corrected chi connectivity index (χ1v) is 7.55. The maximum absolute atomic E-state index is 12.2. The number of methoxy groups -OCH3 is 1. The summed E-state index contributed by atoms with van der Waals surface area (Å²) in [4.78, 5) is 18.5. The molecule has 1 aromatic heterocycles. The van der Waals surface area contributed by atoms with Gasteiger partial charge in [-0.15, -0.1) is 0 Å². The summed E-state index contributed by atoms with van der Waals surface area (Å²) in [7, 11) is 1.68. The van der Waals surface area contributed by atoms with Crippen molar-refractivity contribution in [3.8, 4) is 5.75 Å². The van der Waals surface area contributed by atoms with Crippen molar-refractivity contribution < 1.29 is 13.9 Å². The first-order valence-electron chi connectivity index (χ1n) is 7.55. The minimum atomic E-state index is 0.0280. The van der Waals surface area contributed by atoms with Gasteiger partial charge in [0, 0.05) is 12.5 Å². The number of piperidine rings is 1. The number of carbonyl (C=O) groups is 1. The summed E-state index contributed by atoms with van der Waals surface area (Å²) in [5.41, 5.74) is 1.23. The minimum absolute atomic E-state index is 0.0280. The molecular formula is C17H20N2O3. The van der Waals surface area contributed by atoms with Crippen LogP contribution in [-0.2, 0) is 6.54 Å². The molecule has 1 fully saturated rings. The van der Waals surface area contributed by atoms with Crippen LogP contribution in [0, 0.1) is 5.92 Å². The van der Waals surface area contributed by atoms with Gasteiger partial charge in [0.05, 0.1) is 13.3 Å². The maximum Gasteiger partial charge on any atom is 0.263 e. The standard InChI is InChI=1S/C17H20N2O3/c1-21-15-4-2-3-13(11-15)12-19-8-5-14(6-9-19)16(20)17-18-7-10-22-17/h2-4,7,10-11,14H,5-6,8-9,12H2,1H3. The van der Waals surface area contributed by atoms with Crippen molar-refractivity contribution in [2.75, 3.05) is 20.2 Å². The Balaban J connectivity index is 1.54. The molecule has 5 heteroatoms. The molecule has 0 spiro atoms. The average Bonchev–Trinajstić information content (AvgIpc) is 3.09. The lowest BCUT2D eigenvalue weighted by atomic mass is 9.92. The van der Waals surface area contributed by atoms with E-state index in [2.05, 4.69) is 22.0 Å². The highest BCUT2D eigenvalue weighted by molar-refractivity contribution is 5.93. The Labute approximate surface area is 129 Å². The second-order valence-corrected chi connectivity index (χ2v) is 5.60. The van der Waals surface area contributed by atoms with Gasteiger partial charge >= 0.3 is 0 Å². The zero-order valence-electron chi connectivity index (χ0n) is 12.7. The molecule has 0 radical (unpaired) electrons. The normalized spacial score (nSPS) is 16.6. The number of likely N-dealkylation sites (tertiary alicyclic amines) is 1. The highest BCUT2D eigenvalue weighted by atomic mass is 16.5. The van der Waals surface area contributed by atoms with Crippen LogP contribution in [0.5, 0.6) is 5.75 Å². The molecule has 116 valence electrons. The predicted molar refractivity (Wildman–Crippen MR) is 81.8 cm³/mol. The molecule has 1 aliphatic rings. The smallest absolute Gasteiger partial charge is 0.263 e. The molecular weight excluding hydrogens is 280 g/mol. The van der Waals surface area contributed by atoms with Crippen LogP contribution in [0.1, 0.15) is 29.1 Å². The molecule has 0 unspecified atom stereocenters. The lowest BCUT2D eigenvalue weighted by molar-refractivity contribution is 0.0799. The van der Waals surface area contributed by atoms with Crippen LogP contribution in [0.2, 0.25) is 0 Å². The fourth-order valence-corrected chi connectivity index (χ4v) is 2.90. The van der Waals surface area contributed by atoms with E-state index in [0.29, 0.717) is 0 Å². The van der Waals surface area contributed by atoms with Gasteiger partial charge in [0.1, 0.15) is 12.0 Å². The predicted octanol–water partition coefficient (Wildman–Crippen LogP) is 2.78. The Morgan fingerprint density at radius 1 is 1.41 bits per heavy atom. The van der Waals surface area contributed by atoms with Gasteiger partial charge in [0.25, 0.3) is 5.89 Å². The second-order valence-electron chi connectivity index (χ2n) is 5.60. The van der Waals surface area contributed by atoms with Crippen LogP contribution >= 0.6 is 0 Å². The van der Waals surface area contributed by atoms with Crippen molar-refractivity contribution in [3.63, 3.8) is 0 Å². The number of hydrogen-bond donors (Lipinski definition) is 0. The first-order chi connectivity index (χ1) is 10.8. The van der Waals surface area contributed by atoms with E-state index in [-0.39, 0.29) is 17.6 Å². The van der Waals surface area contributed by atoms with Gasteiger partial charge < -0.3 is 9.15 Å². The molecule has 0 N–H and O–H groups in total. The average molecular weight is 300 g/mol. The van der Waals surface area contributed by atoms with Gasteiger partial charge in [-0.2, -0.15) is 0 Å². The van der Waals surface area contributed by atoms with Gasteiger partial charge in [-0.1, -0.05) is 12.1 Å². The number of rotatable bonds is 5. The number of nitrogens with zero attached hydrogens (tertiary/aromatic N) is 2. The van der Waals surface area contributed by atoms with E-state index in [1.54, 1.807) is 7.11 Å². The summed E-state index contributed by atoms with van der Waals surface area (Å²) in [6, 6.07) is 8.12. The Bertz CT molecular complexity index is 617. The number of carbonyl (C=O) groups excluding carboxylic acids is 1. The lowest BCUT2D eigenvalue weighted by Gasteiger charge is -2.30. The molecule has 5 nitrogen and oxygen atoms in total. The number of hydrogen-bond acceptors (Lipinski definition) is 5. The Morgan fingerprint density at radius 2 is 2.23 bits per heavy atom. The molecule has 0 aliphatic carbocycles. The van der Waals surface area contributed by atoms with Crippen LogP contribution in [0.25, 0.3) is 0 Å². The minimum Gasteiger partial charge on any atom is -0.497 e. The number of oxazole rings is 1. The number of Topliss-reactive ketones (excluding diaryl/α,β-unsaturated/α-hetero) is 1. The molecule has 1 saturated heterocycles. The number of aromatic nitrogens is 1. The molecule has 0 bridgehead atoms. The summed E-state index contributed by atoms with van der Waals surface area (Å²) in [6.45, 7) is 2.71. The fourth-order valence-electron chi connectivity index (χ4n) is 2.90. The van der Waals surface area contributed by atoms with Gasteiger partial charge in [0.2, 0.25) is 5.78 Å². The third-order valence-electron chi connectivity index (χ3n) is 4.14. The summed E-state index contributed by atoms with van der Waals surface area (Å²) < 4.78 is 10.4. The van der Waals surface area contributed by atoms with Crippen molar-refractivity contribution in [3.05, 3.63) is 48.2 Å².